The molecule has 4 heteroatoms. The molecule has 2 nitrogen and oxygen atoms in total. The molecule has 2 aromatic rings. The molecule has 0 heterocycles. The molecule has 98 valence electrons. The van der Waals surface area contributed by atoms with E-state index in [-0.39, 0.29) is 5.91 Å². The molecule has 2 aromatic carbocycles. The number of halogens is 1. The molecule has 0 fully saturated rings. The number of rotatable bonds is 3. The van der Waals surface area contributed by atoms with E-state index in [9.17, 15) is 4.79 Å². The van der Waals surface area contributed by atoms with Gasteiger partial charge in [0.05, 0.1) is 5.69 Å². The van der Waals surface area contributed by atoms with Crippen molar-refractivity contribution in [2.75, 3.05) is 11.6 Å². The predicted molar refractivity (Wildman–Crippen MR) is 90.1 cm³/mol. The number of nitrogens with one attached hydrogen (secondary N) is 1. The standard InChI is InChI=1S/C15H14INOS/c1-10-7-8-11(9-12(10)16)15(18)17-13-5-3-4-6-14(13)19-2/h3-9H,1-2H3,(H,17,18). The highest BCUT2D eigenvalue weighted by atomic mass is 127. The molecular formula is C15H14INOS. The molecule has 0 bridgehead atoms. The fraction of sp³-hybridized carbons (Fsp3) is 0.133. The summed E-state index contributed by atoms with van der Waals surface area (Å²) >= 11 is 3.87. The van der Waals surface area contributed by atoms with Gasteiger partial charge in [-0.1, -0.05) is 18.2 Å². The van der Waals surface area contributed by atoms with E-state index in [1.807, 2.05) is 55.6 Å². The van der Waals surface area contributed by atoms with Crippen LogP contribution in [0.3, 0.4) is 0 Å². The molecule has 0 atom stereocenters. The zero-order valence-corrected chi connectivity index (χ0v) is 13.7. The van der Waals surface area contributed by atoms with Gasteiger partial charge in [-0.2, -0.15) is 0 Å². The van der Waals surface area contributed by atoms with Gasteiger partial charge in [0.1, 0.15) is 0 Å². The third-order valence-electron chi connectivity index (χ3n) is 2.79. The zero-order chi connectivity index (χ0) is 13.8. The van der Waals surface area contributed by atoms with E-state index in [1.54, 1.807) is 11.8 Å². The Morgan fingerprint density at radius 2 is 1.95 bits per heavy atom. The smallest absolute Gasteiger partial charge is 0.255 e. The molecule has 0 saturated carbocycles. The lowest BCUT2D eigenvalue weighted by atomic mass is 10.1. The van der Waals surface area contributed by atoms with Crippen LogP contribution in [0.15, 0.2) is 47.4 Å². The van der Waals surface area contributed by atoms with Crippen LogP contribution >= 0.6 is 34.4 Å². The number of carbonyl (C=O) groups excluding carboxylic acids is 1. The molecule has 0 aliphatic heterocycles. The SMILES string of the molecule is CSc1ccccc1NC(=O)c1ccc(C)c(I)c1. The molecule has 0 aliphatic rings. The lowest BCUT2D eigenvalue weighted by Crippen LogP contribution is -2.12. The topological polar surface area (TPSA) is 29.1 Å². The number of anilines is 1. The van der Waals surface area contributed by atoms with E-state index in [0.29, 0.717) is 5.56 Å². The molecule has 1 N–H and O–H groups in total. The largest absolute Gasteiger partial charge is 0.321 e. The number of aryl methyl sites for hydroxylation is 1. The van der Waals surface area contributed by atoms with Crippen LogP contribution in [0.2, 0.25) is 0 Å². The fourth-order valence-corrected chi connectivity index (χ4v) is 2.75. The summed E-state index contributed by atoms with van der Waals surface area (Å²) in [5.41, 5.74) is 2.73. The normalized spacial score (nSPS) is 10.3. The van der Waals surface area contributed by atoms with Crippen LogP contribution in [0, 0.1) is 10.5 Å². The van der Waals surface area contributed by atoms with Crippen LogP contribution in [0.5, 0.6) is 0 Å². The second-order valence-electron chi connectivity index (χ2n) is 4.12. The molecule has 0 saturated heterocycles. The van der Waals surface area contributed by atoms with Crippen LogP contribution in [0.4, 0.5) is 5.69 Å². The van der Waals surface area contributed by atoms with E-state index in [4.69, 9.17) is 0 Å². The molecule has 0 spiro atoms. The van der Waals surface area contributed by atoms with Gasteiger partial charge in [-0.05, 0) is 65.6 Å². The van der Waals surface area contributed by atoms with Crippen LogP contribution in [-0.4, -0.2) is 12.2 Å². The van der Waals surface area contributed by atoms with Gasteiger partial charge in [0.25, 0.3) is 5.91 Å². The summed E-state index contributed by atoms with van der Waals surface area (Å²) in [6.45, 7) is 2.03. The number of amides is 1. The molecule has 1 amide bonds. The fourth-order valence-electron chi connectivity index (χ4n) is 1.68. The van der Waals surface area contributed by atoms with Gasteiger partial charge in [0.2, 0.25) is 0 Å². The summed E-state index contributed by atoms with van der Waals surface area (Å²) in [5.74, 6) is -0.0700. The number of hydrogen-bond donors (Lipinski definition) is 1. The van der Waals surface area contributed by atoms with Crippen molar-refractivity contribution in [1.82, 2.24) is 0 Å². The highest BCUT2D eigenvalue weighted by Crippen LogP contribution is 2.25. The summed E-state index contributed by atoms with van der Waals surface area (Å²) in [6, 6.07) is 13.5. The quantitative estimate of drug-likeness (QED) is 0.621. The van der Waals surface area contributed by atoms with Crippen molar-refractivity contribution < 1.29 is 4.79 Å². The summed E-state index contributed by atoms with van der Waals surface area (Å²) in [6.07, 6.45) is 2.00. The number of thioether (sulfide) groups is 1. The van der Waals surface area contributed by atoms with Gasteiger partial charge in [-0.15, -0.1) is 11.8 Å². The molecule has 0 aromatic heterocycles. The van der Waals surface area contributed by atoms with E-state index < -0.39 is 0 Å². The second kappa shape index (κ2) is 6.43. The Kier molecular flexibility index (Phi) is 4.87. The molecule has 2 rings (SSSR count). The number of hydrogen-bond acceptors (Lipinski definition) is 2. The first-order valence-corrected chi connectivity index (χ1v) is 8.12. The lowest BCUT2D eigenvalue weighted by Gasteiger charge is -2.10. The van der Waals surface area contributed by atoms with Crippen LogP contribution < -0.4 is 5.32 Å². The van der Waals surface area contributed by atoms with Crippen molar-refractivity contribution >= 4 is 45.9 Å². The van der Waals surface area contributed by atoms with Gasteiger partial charge >= 0.3 is 0 Å². The maximum atomic E-state index is 12.2. The number of para-hydroxylation sites is 1. The van der Waals surface area contributed by atoms with E-state index in [1.165, 1.54) is 5.56 Å². The Morgan fingerprint density at radius 3 is 2.63 bits per heavy atom. The molecule has 0 unspecified atom stereocenters. The molecular weight excluding hydrogens is 369 g/mol. The van der Waals surface area contributed by atoms with E-state index in [0.717, 1.165) is 14.2 Å². The summed E-state index contributed by atoms with van der Waals surface area (Å²) in [4.78, 5) is 13.3. The Bertz CT molecular complexity index is 613. The summed E-state index contributed by atoms with van der Waals surface area (Å²) < 4.78 is 1.10. The van der Waals surface area contributed by atoms with Crippen molar-refractivity contribution in [1.29, 1.82) is 0 Å². The lowest BCUT2D eigenvalue weighted by molar-refractivity contribution is 0.102. The van der Waals surface area contributed by atoms with Gasteiger partial charge in [-0.25, -0.2) is 0 Å². The summed E-state index contributed by atoms with van der Waals surface area (Å²) in [7, 11) is 0. The maximum absolute atomic E-state index is 12.2. The van der Waals surface area contributed by atoms with Crippen LogP contribution in [-0.2, 0) is 0 Å². The number of benzene rings is 2. The minimum absolute atomic E-state index is 0.0700. The van der Waals surface area contributed by atoms with Gasteiger partial charge in [0.15, 0.2) is 0 Å². The first kappa shape index (κ1) is 14.4. The van der Waals surface area contributed by atoms with Crippen molar-refractivity contribution in [2.45, 2.75) is 11.8 Å². The van der Waals surface area contributed by atoms with Crippen LogP contribution in [0.25, 0.3) is 0 Å². The van der Waals surface area contributed by atoms with Crippen molar-refractivity contribution in [3.8, 4) is 0 Å². The van der Waals surface area contributed by atoms with E-state index in [2.05, 4.69) is 27.9 Å². The average molecular weight is 383 g/mol. The highest BCUT2D eigenvalue weighted by molar-refractivity contribution is 14.1. The second-order valence-corrected chi connectivity index (χ2v) is 6.13. The Morgan fingerprint density at radius 1 is 1.21 bits per heavy atom. The molecule has 19 heavy (non-hydrogen) atoms. The Hall–Kier alpha value is -1.01. The molecule has 0 radical (unpaired) electrons. The Balaban J connectivity index is 2.23. The summed E-state index contributed by atoms with van der Waals surface area (Å²) in [5, 5.41) is 2.96. The maximum Gasteiger partial charge on any atom is 0.255 e. The monoisotopic (exact) mass is 383 g/mol. The average Bonchev–Trinajstić information content (AvgIpc) is 2.42. The van der Waals surface area contributed by atoms with Crippen molar-refractivity contribution in [3.63, 3.8) is 0 Å². The van der Waals surface area contributed by atoms with Crippen molar-refractivity contribution in [3.05, 3.63) is 57.2 Å². The van der Waals surface area contributed by atoms with Crippen molar-refractivity contribution in [2.24, 2.45) is 0 Å². The highest BCUT2D eigenvalue weighted by Gasteiger charge is 2.09. The first-order chi connectivity index (χ1) is 9.11. The predicted octanol–water partition coefficient (Wildman–Crippen LogP) is 4.57. The zero-order valence-electron chi connectivity index (χ0n) is 10.7. The van der Waals surface area contributed by atoms with E-state index >= 15 is 0 Å². The Labute approximate surface area is 131 Å². The number of carbonyl (C=O) groups is 1. The van der Waals surface area contributed by atoms with Crippen LogP contribution in [0.1, 0.15) is 15.9 Å². The molecule has 0 aliphatic carbocycles. The van der Waals surface area contributed by atoms with Gasteiger partial charge < -0.3 is 5.32 Å². The first-order valence-electron chi connectivity index (χ1n) is 5.82. The van der Waals surface area contributed by atoms with Gasteiger partial charge in [-0.3, -0.25) is 4.79 Å². The third-order valence-corrected chi connectivity index (χ3v) is 4.75. The third kappa shape index (κ3) is 3.51. The van der Waals surface area contributed by atoms with Gasteiger partial charge in [0, 0.05) is 14.0 Å². The minimum Gasteiger partial charge on any atom is -0.321 e. The minimum atomic E-state index is -0.0700.